The van der Waals surface area contributed by atoms with Crippen LogP contribution >= 0.6 is 0 Å². The van der Waals surface area contributed by atoms with Crippen molar-refractivity contribution >= 4 is 12.1 Å². The summed E-state index contributed by atoms with van der Waals surface area (Å²) in [4.78, 5) is 23.3. The molecular formula is C16H23NO7. The maximum Gasteiger partial charge on any atom is 0.408 e. The molecule has 3 N–H and O–H groups in total. The molecule has 0 radical (unpaired) electrons. The van der Waals surface area contributed by atoms with E-state index in [0.29, 0.717) is 5.56 Å². The second kappa shape index (κ2) is 7.76. The zero-order chi connectivity index (χ0) is 18.5. The second-order valence-electron chi connectivity index (χ2n) is 6.07. The largest absolute Gasteiger partial charge is 0.508 e. The van der Waals surface area contributed by atoms with E-state index in [1.807, 2.05) is 0 Å². The van der Waals surface area contributed by atoms with Crippen LogP contribution in [-0.4, -0.2) is 48.1 Å². The highest BCUT2D eigenvalue weighted by molar-refractivity contribution is 5.80. The highest BCUT2D eigenvalue weighted by Gasteiger charge is 2.27. The number of alkyl carbamates (subject to hydrolysis) is 1. The predicted octanol–water partition coefficient (Wildman–Crippen LogP) is 1.93. The summed E-state index contributed by atoms with van der Waals surface area (Å²) >= 11 is 0. The quantitative estimate of drug-likeness (QED) is 0.724. The minimum absolute atomic E-state index is 0.0839. The Hall–Kier alpha value is -2.64. The van der Waals surface area contributed by atoms with E-state index in [2.05, 4.69) is 5.32 Å². The third-order valence-electron chi connectivity index (χ3n) is 2.99. The van der Waals surface area contributed by atoms with Gasteiger partial charge in [0, 0.05) is 24.1 Å². The smallest absolute Gasteiger partial charge is 0.408 e. The Morgan fingerprint density at radius 2 is 1.67 bits per heavy atom. The summed E-state index contributed by atoms with van der Waals surface area (Å²) in [5.41, 5.74) is -0.345. The van der Waals surface area contributed by atoms with Gasteiger partial charge in [-0.1, -0.05) is 0 Å². The molecule has 0 aliphatic heterocycles. The Bertz CT molecular complexity index is 582. The number of carbonyl (C=O) groups is 2. The number of carbonyl (C=O) groups excluding carboxylic acids is 1. The lowest BCUT2D eigenvalue weighted by Crippen LogP contribution is -2.44. The first-order valence-corrected chi connectivity index (χ1v) is 7.23. The average Bonchev–Trinajstić information content (AvgIpc) is 2.45. The molecule has 1 unspecified atom stereocenters. The van der Waals surface area contributed by atoms with E-state index >= 15 is 0 Å². The number of ether oxygens (including phenoxy) is 3. The normalized spacial score (nSPS) is 12.2. The molecule has 8 heteroatoms. The van der Waals surface area contributed by atoms with Gasteiger partial charge in [0.05, 0.1) is 14.2 Å². The molecule has 24 heavy (non-hydrogen) atoms. The van der Waals surface area contributed by atoms with Crippen LogP contribution < -0.4 is 14.8 Å². The Morgan fingerprint density at radius 1 is 1.17 bits per heavy atom. The van der Waals surface area contributed by atoms with Crippen molar-refractivity contribution in [2.24, 2.45) is 0 Å². The van der Waals surface area contributed by atoms with Crippen molar-refractivity contribution in [3.05, 3.63) is 17.7 Å². The van der Waals surface area contributed by atoms with Gasteiger partial charge in [0.15, 0.2) is 0 Å². The van der Waals surface area contributed by atoms with Gasteiger partial charge in [-0.05, 0) is 20.8 Å². The van der Waals surface area contributed by atoms with Crippen LogP contribution in [0.15, 0.2) is 12.1 Å². The highest BCUT2D eigenvalue weighted by atomic mass is 16.6. The number of benzene rings is 1. The standard InChI is InChI=1S/C16H23NO7/c1-16(2,3)24-15(21)17-11(14(19)20)8-10-12(22-4)6-9(18)7-13(10)23-5/h6-7,11,18H,8H2,1-5H3,(H,17,21)(H,19,20). The molecule has 134 valence electrons. The zero-order valence-electron chi connectivity index (χ0n) is 14.4. The molecule has 0 aliphatic carbocycles. The fourth-order valence-electron chi connectivity index (χ4n) is 2.03. The molecule has 0 fully saturated rings. The molecule has 0 saturated heterocycles. The van der Waals surface area contributed by atoms with Crippen LogP contribution in [0.4, 0.5) is 4.79 Å². The molecule has 0 saturated carbocycles. The molecule has 0 aromatic heterocycles. The van der Waals surface area contributed by atoms with Gasteiger partial charge in [0.2, 0.25) is 0 Å². The number of rotatable bonds is 6. The van der Waals surface area contributed by atoms with E-state index in [0.717, 1.165) is 0 Å². The number of hydrogen-bond donors (Lipinski definition) is 3. The van der Waals surface area contributed by atoms with Crippen LogP contribution in [-0.2, 0) is 16.0 Å². The predicted molar refractivity (Wildman–Crippen MR) is 85.7 cm³/mol. The molecule has 1 rings (SSSR count). The average molecular weight is 341 g/mol. The lowest BCUT2D eigenvalue weighted by atomic mass is 10.0. The van der Waals surface area contributed by atoms with E-state index in [9.17, 15) is 19.8 Å². The van der Waals surface area contributed by atoms with Crippen LogP contribution in [0.25, 0.3) is 0 Å². The van der Waals surface area contributed by atoms with Gasteiger partial charge >= 0.3 is 12.1 Å². The number of amides is 1. The van der Waals surface area contributed by atoms with Crippen LogP contribution in [0.2, 0.25) is 0 Å². The number of nitrogens with one attached hydrogen (secondary N) is 1. The lowest BCUT2D eigenvalue weighted by molar-refractivity contribution is -0.139. The molecule has 1 aromatic rings. The number of aromatic hydroxyl groups is 1. The molecule has 0 spiro atoms. The van der Waals surface area contributed by atoms with E-state index in [1.54, 1.807) is 20.8 Å². The minimum Gasteiger partial charge on any atom is -0.508 e. The van der Waals surface area contributed by atoms with Crippen LogP contribution in [0, 0.1) is 0 Å². The number of phenols is 1. The van der Waals surface area contributed by atoms with Gasteiger partial charge in [-0.15, -0.1) is 0 Å². The van der Waals surface area contributed by atoms with Gasteiger partial charge in [-0.25, -0.2) is 9.59 Å². The summed E-state index contributed by atoms with van der Waals surface area (Å²) in [6.45, 7) is 5.02. The van der Waals surface area contributed by atoms with Gasteiger partial charge in [0.25, 0.3) is 0 Å². The van der Waals surface area contributed by atoms with Crippen LogP contribution in [0.5, 0.6) is 17.2 Å². The lowest BCUT2D eigenvalue weighted by Gasteiger charge is -2.23. The van der Waals surface area contributed by atoms with E-state index < -0.39 is 23.7 Å². The van der Waals surface area contributed by atoms with Crippen molar-refractivity contribution in [3.8, 4) is 17.2 Å². The van der Waals surface area contributed by atoms with Gasteiger partial charge < -0.3 is 29.7 Å². The van der Waals surface area contributed by atoms with Gasteiger partial charge in [-0.2, -0.15) is 0 Å². The van der Waals surface area contributed by atoms with E-state index in [1.165, 1.54) is 26.4 Å². The molecule has 8 nitrogen and oxygen atoms in total. The topological polar surface area (TPSA) is 114 Å². The third kappa shape index (κ3) is 5.53. The number of methoxy groups -OCH3 is 2. The fourth-order valence-corrected chi connectivity index (χ4v) is 2.03. The number of aliphatic carboxylic acids is 1. The van der Waals surface area contributed by atoms with Crippen molar-refractivity contribution < 1.29 is 34.0 Å². The number of phenolic OH excluding ortho intramolecular Hbond substituents is 1. The van der Waals surface area contributed by atoms with E-state index in [-0.39, 0.29) is 23.7 Å². The van der Waals surface area contributed by atoms with Crippen LogP contribution in [0.1, 0.15) is 26.3 Å². The second-order valence-corrected chi connectivity index (χ2v) is 6.07. The number of carboxylic acids is 1. The Balaban J connectivity index is 3.05. The number of carboxylic acid groups (broad SMARTS) is 1. The first-order valence-electron chi connectivity index (χ1n) is 7.23. The molecule has 0 aliphatic rings. The molecule has 1 aromatic carbocycles. The highest BCUT2D eigenvalue weighted by Crippen LogP contribution is 2.34. The maximum atomic E-state index is 11.8. The summed E-state index contributed by atoms with van der Waals surface area (Å²) in [5, 5.41) is 21.3. The van der Waals surface area contributed by atoms with Crippen molar-refractivity contribution in [3.63, 3.8) is 0 Å². The summed E-state index contributed by atoms with van der Waals surface area (Å²) in [7, 11) is 2.77. The fraction of sp³-hybridized carbons (Fsp3) is 0.500. The third-order valence-corrected chi connectivity index (χ3v) is 2.99. The molecule has 1 atom stereocenters. The maximum absolute atomic E-state index is 11.8. The SMILES string of the molecule is COc1cc(O)cc(OC)c1CC(NC(=O)OC(C)(C)C)C(=O)O. The summed E-state index contributed by atoms with van der Waals surface area (Å²) in [6.07, 6.45) is -0.951. The summed E-state index contributed by atoms with van der Waals surface area (Å²) in [6, 6.07) is 1.42. The monoisotopic (exact) mass is 341 g/mol. The van der Waals surface area contributed by atoms with Crippen molar-refractivity contribution in [1.29, 1.82) is 0 Å². The number of hydrogen-bond acceptors (Lipinski definition) is 6. The Morgan fingerprint density at radius 3 is 2.04 bits per heavy atom. The van der Waals surface area contributed by atoms with Gasteiger partial charge in [-0.3, -0.25) is 0 Å². The first-order chi connectivity index (χ1) is 11.1. The molecule has 0 heterocycles. The van der Waals surface area contributed by atoms with Crippen molar-refractivity contribution in [2.45, 2.75) is 38.8 Å². The molecule has 0 bridgehead atoms. The van der Waals surface area contributed by atoms with Crippen LogP contribution in [0.3, 0.4) is 0 Å². The summed E-state index contributed by atoms with van der Waals surface area (Å²) < 4.78 is 15.4. The Kier molecular flexibility index (Phi) is 6.27. The van der Waals surface area contributed by atoms with E-state index in [4.69, 9.17) is 14.2 Å². The van der Waals surface area contributed by atoms with Crippen molar-refractivity contribution in [1.82, 2.24) is 5.32 Å². The Labute approximate surface area is 140 Å². The zero-order valence-corrected chi connectivity index (χ0v) is 14.4. The molecular weight excluding hydrogens is 318 g/mol. The first kappa shape index (κ1) is 19.4. The molecule has 1 amide bonds. The summed E-state index contributed by atoms with van der Waals surface area (Å²) in [5.74, 6) is -0.814. The minimum atomic E-state index is -1.26. The van der Waals surface area contributed by atoms with Gasteiger partial charge in [0.1, 0.15) is 28.9 Å². The van der Waals surface area contributed by atoms with Crippen molar-refractivity contribution in [2.75, 3.05) is 14.2 Å².